The molecule has 0 aliphatic heterocycles. The summed E-state index contributed by atoms with van der Waals surface area (Å²) in [6.45, 7) is 3.63. The lowest BCUT2D eigenvalue weighted by Crippen LogP contribution is -2.16. The number of allylic oxidation sites excluding steroid dienone is 5. The number of hydrogen-bond acceptors (Lipinski definition) is 2. The topological polar surface area (TPSA) is 40.5 Å². The normalized spacial score (nSPS) is 16.9. The van der Waals surface area contributed by atoms with Gasteiger partial charge in [-0.1, -0.05) is 24.8 Å². The van der Waals surface area contributed by atoms with Crippen LogP contribution in [0, 0.1) is 0 Å². The molecule has 0 saturated carbocycles. The van der Waals surface area contributed by atoms with E-state index in [1.54, 1.807) is 12.2 Å². The van der Waals surface area contributed by atoms with Crippen LogP contribution in [-0.2, 0) is 0 Å². The van der Waals surface area contributed by atoms with E-state index in [0.29, 0.717) is 5.47 Å². The molecule has 2 nitrogen and oxygen atoms in total. The Balaban J connectivity index is 2.69. The van der Waals surface area contributed by atoms with Gasteiger partial charge in [-0.05, 0) is 23.9 Å². The third kappa shape index (κ3) is 2.07. The van der Waals surface area contributed by atoms with Gasteiger partial charge in [-0.3, -0.25) is 0 Å². The van der Waals surface area contributed by atoms with Crippen molar-refractivity contribution in [3.8, 4) is 0 Å². The Morgan fingerprint density at radius 2 is 2.09 bits per heavy atom. The van der Waals surface area contributed by atoms with Crippen molar-refractivity contribution in [2.24, 2.45) is 0 Å². The van der Waals surface area contributed by atoms with E-state index in [-0.39, 0.29) is 0 Å². The largest absolute Gasteiger partial charge is 0.484 e. The predicted molar refractivity (Wildman–Crippen MR) is 45.8 cm³/mol. The molecular formula is C8H11BO2. The molecule has 0 aromatic heterocycles. The van der Waals surface area contributed by atoms with Crippen LogP contribution in [-0.4, -0.2) is 17.2 Å². The highest BCUT2D eigenvalue weighted by Gasteiger charge is 2.15. The number of rotatable bonds is 2. The Labute approximate surface area is 66.7 Å². The fourth-order valence-electron chi connectivity index (χ4n) is 1.05. The Bertz CT molecular complexity index is 216. The van der Waals surface area contributed by atoms with Crippen LogP contribution in [0.3, 0.4) is 0 Å². The van der Waals surface area contributed by atoms with Crippen molar-refractivity contribution < 1.29 is 10.0 Å². The molecule has 0 heterocycles. The molecule has 0 amide bonds. The molecule has 0 bridgehead atoms. The lowest BCUT2D eigenvalue weighted by atomic mass is 9.74. The summed E-state index contributed by atoms with van der Waals surface area (Å²) < 4.78 is 0. The van der Waals surface area contributed by atoms with E-state index >= 15 is 0 Å². The van der Waals surface area contributed by atoms with Gasteiger partial charge in [0.15, 0.2) is 0 Å². The van der Waals surface area contributed by atoms with Crippen molar-refractivity contribution in [3.05, 3.63) is 35.9 Å². The second kappa shape index (κ2) is 3.55. The molecule has 1 aliphatic rings. The van der Waals surface area contributed by atoms with Gasteiger partial charge in [-0.2, -0.15) is 0 Å². The summed E-state index contributed by atoms with van der Waals surface area (Å²) in [5.41, 5.74) is 1.82. The maximum atomic E-state index is 8.77. The van der Waals surface area contributed by atoms with Gasteiger partial charge in [-0.15, -0.1) is 0 Å². The summed E-state index contributed by atoms with van der Waals surface area (Å²) in [5, 5.41) is 17.5. The molecule has 0 atom stereocenters. The highest BCUT2D eigenvalue weighted by Crippen LogP contribution is 2.18. The molecule has 0 fully saturated rings. The molecule has 0 radical (unpaired) electrons. The van der Waals surface area contributed by atoms with E-state index in [1.807, 2.05) is 6.08 Å². The third-order valence-electron chi connectivity index (χ3n) is 1.81. The first-order valence-electron chi connectivity index (χ1n) is 3.62. The minimum absolute atomic E-state index is 0.676. The zero-order valence-corrected chi connectivity index (χ0v) is 6.33. The average Bonchev–Trinajstić information content (AvgIpc) is 2.05. The van der Waals surface area contributed by atoms with Crippen LogP contribution in [0.15, 0.2) is 35.9 Å². The predicted octanol–water partition coefficient (Wildman–Crippen LogP) is 0.831. The van der Waals surface area contributed by atoms with E-state index in [2.05, 4.69) is 6.58 Å². The van der Waals surface area contributed by atoms with Crippen LogP contribution in [0.1, 0.15) is 12.8 Å². The minimum atomic E-state index is -1.29. The van der Waals surface area contributed by atoms with Gasteiger partial charge in [0.2, 0.25) is 0 Å². The van der Waals surface area contributed by atoms with E-state index in [1.165, 1.54) is 0 Å². The van der Waals surface area contributed by atoms with Gasteiger partial charge >= 0.3 is 7.12 Å². The molecule has 0 spiro atoms. The van der Waals surface area contributed by atoms with E-state index in [9.17, 15) is 0 Å². The van der Waals surface area contributed by atoms with Crippen molar-refractivity contribution in [2.45, 2.75) is 12.8 Å². The second-order valence-corrected chi connectivity index (χ2v) is 2.56. The summed E-state index contributed by atoms with van der Waals surface area (Å²) in [7, 11) is -1.29. The van der Waals surface area contributed by atoms with Crippen LogP contribution >= 0.6 is 0 Å². The van der Waals surface area contributed by atoms with Gasteiger partial charge in [0, 0.05) is 0 Å². The van der Waals surface area contributed by atoms with Gasteiger partial charge in [0.05, 0.1) is 0 Å². The SMILES string of the molecule is C=CC1=CC=C(B(O)O)CC1. The highest BCUT2D eigenvalue weighted by atomic mass is 16.4. The molecule has 58 valence electrons. The Morgan fingerprint density at radius 1 is 1.36 bits per heavy atom. The summed E-state index contributed by atoms with van der Waals surface area (Å²) in [6, 6.07) is 0. The highest BCUT2D eigenvalue weighted by molar-refractivity contribution is 6.50. The van der Waals surface area contributed by atoms with Crippen LogP contribution in [0.4, 0.5) is 0 Å². The zero-order chi connectivity index (χ0) is 8.27. The second-order valence-electron chi connectivity index (χ2n) is 2.56. The molecule has 11 heavy (non-hydrogen) atoms. The van der Waals surface area contributed by atoms with E-state index < -0.39 is 7.12 Å². The van der Waals surface area contributed by atoms with Crippen molar-refractivity contribution in [3.63, 3.8) is 0 Å². The lowest BCUT2D eigenvalue weighted by Gasteiger charge is -2.10. The zero-order valence-electron chi connectivity index (χ0n) is 6.33. The molecular weight excluding hydrogens is 139 g/mol. The Morgan fingerprint density at radius 3 is 2.45 bits per heavy atom. The maximum absolute atomic E-state index is 8.77. The minimum Gasteiger partial charge on any atom is -0.423 e. The monoisotopic (exact) mass is 150 g/mol. The van der Waals surface area contributed by atoms with Crippen molar-refractivity contribution >= 4 is 7.12 Å². The summed E-state index contributed by atoms with van der Waals surface area (Å²) in [6.07, 6.45) is 6.97. The van der Waals surface area contributed by atoms with Gasteiger partial charge < -0.3 is 10.0 Å². The average molecular weight is 150 g/mol. The van der Waals surface area contributed by atoms with Crippen molar-refractivity contribution in [1.82, 2.24) is 0 Å². The Kier molecular flexibility index (Phi) is 2.68. The maximum Gasteiger partial charge on any atom is 0.484 e. The van der Waals surface area contributed by atoms with Crippen LogP contribution in [0.5, 0.6) is 0 Å². The van der Waals surface area contributed by atoms with E-state index in [4.69, 9.17) is 10.0 Å². The first-order chi connectivity index (χ1) is 5.24. The molecule has 1 rings (SSSR count). The van der Waals surface area contributed by atoms with Gasteiger partial charge in [0.25, 0.3) is 0 Å². The van der Waals surface area contributed by atoms with Crippen molar-refractivity contribution in [2.75, 3.05) is 0 Å². The fourth-order valence-corrected chi connectivity index (χ4v) is 1.05. The summed E-state index contributed by atoms with van der Waals surface area (Å²) in [5.74, 6) is 0. The van der Waals surface area contributed by atoms with Gasteiger partial charge in [0.1, 0.15) is 0 Å². The van der Waals surface area contributed by atoms with Crippen LogP contribution < -0.4 is 0 Å². The smallest absolute Gasteiger partial charge is 0.423 e. The van der Waals surface area contributed by atoms with Crippen molar-refractivity contribution in [1.29, 1.82) is 0 Å². The van der Waals surface area contributed by atoms with Crippen LogP contribution in [0.2, 0.25) is 0 Å². The molecule has 0 saturated heterocycles. The van der Waals surface area contributed by atoms with Crippen LogP contribution in [0.25, 0.3) is 0 Å². The number of hydrogen-bond donors (Lipinski definition) is 2. The lowest BCUT2D eigenvalue weighted by molar-refractivity contribution is 0.416. The molecule has 0 aromatic carbocycles. The third-order valence-corrected chi connectivity index (χ3v) is 1.81. The first kappa shape index (κ1) is 8.30. The van der Waals surface area contributed by atoms with E-state index in [0.717, 1.165) is 18.4 Å². The fraction of sp³-hybridized carbons (Fsp3) is 0.250. The van der Waals surface area contributed by atoms with Gasteiger partial charge in [-0.25, -0.2) is 0 Å². The standard InChI is InChI=1S/C8H11BO2/c1-2-7-3-5-8(6-4-7)9(10)11/h2-3,5,10-11H,1,4,6H2. The summed E-state index contributed by atoms with van der Waals surface area (Å²) in [4.78, 5) is 0. The summed E-state index contributed by atoms with van der Waals surface area (Å²) >= 11 is 0. The molecule has 1 aliphatic carbocycles. The molecule has 2 N–H and O–H groups in total. The quantitative estimate of drug-likeness (QED) is 0.572. The Hall–Kier alpha value is -0.795. The molecule has 0 unspecified atom stereocenters. The molecule has 0 aromatic rings. The first-order valence-corrected chi connectivity index (χ1v) is 3.62. The molecule has 3 heteroatoms.